The van der Waals surface area contributed by atoms with E-state index in [1.807, 2.05) is 0 Å². The lowest BCUT2D eigenvalue weighted by molar-refractivity contribution is -0.154. The summed E-state index contributed by atoms with van der Waals surface area (Å²) in [7, 11) is 1.58. The van der Waals surface area contributed by atoms with E-state index in [-0.39, 0.29) is 11.3 Å². The van der Waals surface area contributed by atoms with E-state index in [9.17, 15) is 14.7 Å². The molecule has 3 heterocycles. The van der Waals surface area contributed by atoms with Crippen LogP contribution in [0.15, 0.2) is 12.4 Å². The third-order valence-electron chi connectivity index (χ3n) is 5.48. The third kappa shape index (κ3) is 3.38. The number of amides is 1. The molecule has 3 rings (SSSR count). The molecule has 8 heteroatoms. The number of carbonyl (C=O) groups excluding carboxylic acids is 1. The average molecular weight is 348 g/mol. The zero-order valence-electron chi connectivity index (χ0n) is 14.6. The smallest absolute Gasteiger partial charge is 0.326 e. The fourth-order valence-electron chi connectivity index (χ4n) is 3.81. The van der Waals surface area contributed by atoms with Gasteiger partial charge in [-0.2, -0.15) is 0 Å². The van der Waals surface area contributed by atoms with Gasteiger partial charge in [0.15, 0.2) is 5.82 Å². The molecule has 1 amide bonds. The van der Waals surface area contributed by atoms with Gasteiger partial charge in [0.05, 0.1) is 7.11 Å². The Bertz CT molecular complexity index is 658. The van der Waals surface area contributed by atoms with Crippen LogP contribution in [0.3, 0.4) is 0 Å². The minimum atomic E-state index is -0.952. The van der Waals surface area contributed by atoms with E-state index in [4.69, 9.17) is 4.74 Å². The number of anilines is 1. The maximum Gasteiger partial charge on any atom is 0.326 e. The van der Waals surface area contributed by atoms with Gasteiger partial charge in [0.1, 0.15) is 6.04 Å². The molecular formula is C17H24N4O4. The molecular weight excluding hydrogens is 324 g/mol. The van der Waals surface area contributed by atoms with Crippen LogP contribution < -0.4 is 9.64 Å². The lowest BCUT2D eigenvalue weighted by atomic mass is 9.72. The van der Waals surface area contributed by atoms with Crippen LogP contribution in [-0.2, 0) is 9.59 Å². The van der Waals surface area contributed by atoms with Crippen molar-refractivity contribution in [2.24, 2.45) is 5.41 Å². The highest BCUT2D eigenvalue weighted by molar-refractivity contribution is 5.84. The van der Waals surface area contributed by atoms with Gasteiger partial charge in [-0.15, -0.1) is 0 Å². The topological polar surface area (TPSA) is 95.9 Å². The maximum absolute atomic E-state index is 12.2. The molecule has 0 radical (unpaired) electrons. The van der Waals surface area contributed by atoms with Crippen molar-refractivity contribution in [3.8, 4) is 5.88 Å². The van der Waals surface area contributed by atoms with E-state index in [0.29, 0.717) is 18.8 Å². The molecule has 136 valence electrons. The Balaban J connectivity index is 1.70. The van der Waals surface area contributed by atoms with Gasteiger partial charge in [-0.25, -0.2) is 14.8 Å². The van der Waals surface area contributed by atoms with Crippen molar-refractivity contribution in [1.82, 2.24) is 14.9 Å². The van der Waals surface area contributed by atoms with Gasteiger partial charge in [-0.05, 0) is 31.6 Å². The summed E-state index contributed by atoms with van der Waals surface area (Å²) in [5.74, 6) is 0.242. The highest BCUT2D eigenvalue weighted by Crippen LogP contribution is 2.42. The van der Waals surface area contributed by atoms with E-state index in [2.05, 4.69) is 14.9 Å². The Morgan fingerprint density at radius 1 is 1.28 bits per heavy atom. The number of rotatable bonds is 4. The first-order valence-electron chi connectivity index (χ1n) is 8.58. The number of carbonyl (C=O) groups is 2. The molecule has 25 heavy (non-hydrogen) atoms. The zero-order valence-corrected chi connectivity index (χ0v) is 14.6. The van der Waals surface area contributed by atoms with E-state index >= 15 is 0 Å². The van der Waals surface area contributed by atoms with Crippen LogP contribution in [0, 0.1) is 5.41 Å². The highest BCUT2D eigenvalue weighted by atomic mass is 16.5. The van der Waals surface area contributed by atoms with Crippen molar-refractivity contribution in [1.29, 1.82) is 0 Å². The largest absolute Gasteiger partial charge is 0.480 e. The molecule has 2 saturated heterocycles. The Hall–Kier alpha value is -2.38. The number of likely N-dealkylation sites (tertiary alicyclic amines) is 1. The molecule has 0 aromatic carbocycles. The van der Waals surface area contributed by atoms with Crippen LogP contribution in [-0.4, -0.2) is 64.6 Å². The Morgan fingerprint density at radius 2 is 1.96 bits per heavy atom. The number of methoxy groups -OCH3 is 1. The number of piperidine rings is 2. The van der Waals surface area contributed by atoms with Crippen molar-refractivity contribution < 1.29 is 19.4 Å². The summed E-state index contributed by atoms with van der Waals surface area (Å²) < 4.78 is 5.29. The molecule has 1 aromatic heterocycles. The second-order valence-corrected chi connectivity index (χ2v) is 6.91. The average Bonchev–Trinajstić information content (AvgIpc) is 2.64. The van der Waals surface area contributed by atoms with E-state index in [1.54, 1.807) is 26.4 Å². The zero-order chi connectivity index (χ0) is 18.0. The summed E-state index contributed by atoms with van der Waals surface area (Å²) in [5, 5.41) is 9.26. The molecule has 2 fully saturated rings. The summed E-state index contributed by atoms with van der Waals surface area (Å²) >= 11 is 0. The van der Waals surface area contributed by atoms with Gasteiger partial charge in [0.25, 0.3) is 5.88 Å². The van der Waals surface area contributed by atoms with Crippen LogP contribution in [0.25, 0.3) is 0 Å². The van der Waals surface area contributed by atoms with E-state index in [0.717, 1.165) is 38.2 Å². The summed E-state index contributed by atoms with van der Waals surface area (Å²) in [4.78, 5) is 35.7. The Labute approximate surface area is 146 Å². The number of aliphatic carboxylic acids is 1. The van der Waals surface area contributed by atoms with Gasteiger partial charge < -0.3 is 19.6 Å². The first-order chi connectivity index (χ1) is 12.0. The van der Waals surface area contributed by atoms with Crippen molar-refractivity contribution in [2.45, 2.75) is 38.6 Å². The SMILES string of the molecule is COc1nccnc1N1CCC2(CCC(=O)N(C(C)C(=O)O)C2)CC1. The van der Waals surface area contributed by atoms with Gasteiger partial charge >= 0.3 is 5.97 Å². The van der Waals surface area contributed by atoms with Crippen LogP contribution >= 0.6 is 0 Å². The van der Waals surface area contributed by atoms with Gasteiger partial charge in [0.2, 0.25) is 5.91 Å². The second kappa shape index (κ2) is 6.85. The minimum Gasteiger partial charge on any atom is -0.480 e. The molecule has 0 aliphatic carbocycles. The first kappa shape index (κ1) is 17.4. The predicted octanol–water partition coefficient (Wildman–Crippen LogP) is 1.17. The fourth-order valence-corrected chi connectivity index (χ4v) is 3.81. The van der Waals surface area contributed by atoms with Gasteiger partial charge in [-0.3, -0.25) is 4.79 Å². The Kier molecular flexibility index (Phi) is 4.78. The summed E-state index contributed by atoms with van der Waals surface area (Å²) in [6.45, 7) is 3.68. The summed E-state index contributed by atoms with van der Waals surface area (Å²) in [6.07, 6.45) is 6.28. The number of carboxylic acids is 1. The number of nitrogens with zero attached hydrogens (tertiary/aromatic N) is 4. The quantitative estimate of drug-likeness (QED) is 0.872. The molecule has 1 atom stereocenters. The number of hydrogen-bond donors (Lipinski definition) is 1. The molecule has 1 unspecified atom stereocenters. The second-order valence-electron chi connectivity index (χ2n) is 6.91. The summed E-state index contributed by atoms with van der Waals surface area (Å²) in [5.41, 5.74) is -0.0104. The Morgan fingerprint density at radius 3 is 2.60 bits per heavy atom. The van der Waals surface area contributed by atoms with Crippen LogP contribution in [0.5, 0.6) is 5.88 Å². The molecule has 1 N–H and O–H groups in total. The molecule has 0 bridgehead atoms. The van der Waals surface area contributed by atoms with Crippen molar-refractivity contribution in [2.75, 3.05) is 31.6 Å². The van der Waals surface area contributed by atoms with Gasteiger partial charge in [-0.1, -0.05) is 0 Å². The normalized spacial score (nSPS) is 21.3. The van der Waals surface area contributed by atoms with Crippen molar-refractivity contribution in [3.05, 3.63) is 12.4 Å². The van der Waals surface area contributed by atoms with E-state index < -0.39 is 12.0 Å². The lowest BCUT2D eigenvalue weighted by Gasteiger charge is -2.48. The van der Waals surface area contributed by atoms with E-state index in [1.165, 1.54) is 4.90 Å². The van der Waals surface area contributed by atoms with Gasteiger partial charge in [0, 0.05) is 38.4 Å². The number of hydrogen-bond acceptors (Lipinski definition) is 6. The molecule has 1 spiro atoms. The molecule has 2 aliphatic rings. The predicted molar refractivity (Wildman–Crippen MR) is 90.5 cm³/mol. The lowest BCUT2D eigenvalue weighted by Crippen LogP contribution is -2.55. The van der Waals surface area contributed by atoms with Crippen LogP contribution in [0.4, 0.5) is 5.82 Å². The molecule has 2 aliphatic heterocycles. The number of ether oxygens (including phenoxy) is 1. The van der Waals surface area contributed by atoms with Crippen molar-refractivity contribution in [3.63, 3.8) is 0 Å². The fraction of sp³-hybridized carbons (Fsp3) is 0.647. The molecule has 0 saturated carbocycles. The monoisotopic (exact) mass is 348 g/mol. The van der Waals surface area contributed by atoms with Crippen molar-refractivity contribution >= 4 is 17.7 Å². The van der Waals surface area contributed by atoms with Crippen LogP contribution in [0.2, 0.25) is 0 Å². The number of carboxylic acid groups (broad SMARTS) is 1. The standard InChI is InChI=1S/C17H24N4O4/c1-12(16(23)24)21-11-17(4-3-13(21)22)5-9-20(10-6-17)14-15(25-2)19-8-7-18-14/h7-8,12H,3-6,9-11H2,1-2H3,(H,23,24). The third-order valence-corrected chi connectivity index (χ3v) is 5.48. The number of aromatic nitrogens is 2. The maximum atomic E-state index is 12.2. The first-order valence-corrected chi connectivity index (χ1v) is 8.58. The molecule has 8 nitrogen and oxygen atoms in total. The van der Waals surface area contributed by atoms with Crippen LogP contribution in [0.1, 0.15) is 32.6 Å². The molecule has 1 aromatic rings. The minimum absolute atomic E-state index is 0.0104. The summed E-state index contributed by atoms with van der Waals surface area (Å²) in [6, 6.07) is -0.775. The highest BCUT2D eigenvalue weighted by Gasteiger charge is 2.43.